The normalized spacial score (nSPS) is 24.9. The fourth-order valence-corrected chi connectivity index (χ4v) is 2.80. The monoisotopic (exact) mass is 244 g/mol. The fraction of sp³-hybridized carbons (Fsp3) is 0.533. The van der Waals surface area contributed by atoms with Gasteiger partial charge in [0, 0.05) is 6.04 Å². The van der Waals surface area contributed by atoms with Crippen LogP contribution in [0, 0.1) is 5.92 Å². The summed E-state index contributed by atoms with van der Waals surface area (Å²) in [7, 11) is 0. The van der Waals surface area contributed by atoms with Gasteiger partial charge in [0.05, 0.1) is 0 Å². The molecule has 3 nitrogen and oxygen atoms in total. The third-order valence-corrected chi connectivity index (χ3v) is 3.96. The highest BCUT2D eigenvalue weighted by Gasteiger charge is 2.21. The molecule has 1 aliphatic carbocycles. The van der Waals surface area contributed by atoms with Crippen LogP contribution in [0.4, 0.5) is 6.01 Å². The molecule has 96 valence electrons. The van der Waals surface area contributed by atoms with Crippen LogP contribution in [0.25, 0.3) is 11.1 Å². The molecular weight excluding hydrogens is 224 g/mol. The maximum absolute atomic E-state index is 5.74. The quantitative estimate of drug-likeness (QED) is 0.804. The topological polar surface area (TPSA) is 38.1 Å². The largest absolute Gasteiger partial charge is 0.424 e. The van der Waals surface area contributed by atoms with Gasteiger partial charge in [-0.3, -0.25) is 0 Å². The Bertz CT molecular complexity index is 487. The molecule has 0 saturated heterocycles. The SMILES string of the molecule is CC1CCCCCC1Nc1nc2ccccc2o1. The number of nitrogens with one attached hydrogen (secondary N) is 1. The van der Waals surface area contributed by atoms with Gasteiger partial charge in [-0.15, -0.1) is 0 Å². The van der Waals surface area contributed by atoms with E-state index in [1.807, 2.05) is 24.3 Å². The van der Waals surface area contributed by atoms with Gasteiger partial charge in [-0.25, -0.2) is 0 Å². The van der Waals surface area contributed by atoms with Crippen LogP contribution in [0.2, 0.25) is 0 Å². The van der Waals surface area contributed by atoms with Gasteiger partial charge in [-0.05, 0) is 30.9 Å². The maximum atomic E-state index is 5.74. The smallest absolute Gasteiger partial charge is 0.295 e. The number of hydrogen-bond acceptors (Lipinski definition) is 3. The molecule has 0 amide bonds. The summed E-state index contributed by atoms with van der Waals surface area (Å²) in [5.41, 5.74) is 1.79. The van der Waals surface area contributed by atoms with Gasteiger partial charge in [0.2, 0.25) is 0 Å². The van der Waals surface area contributed by atoms with E-state index in [9.17, 15) is 0 Å². The van der Waals surface area contributed by atoms with E-state index in [2.05, 4.69) is 17.2 Å². The first-order valence-electron chi connectivity index (χ1n) is 6.95. The van der Waals surface area contributed by atoms with Crippen molar-refractivity contribution in [3.63, 3.8) is 0 Å². The number of hydrogen-bond donors (Lipinski definition) is 1. The Labute approximate surface area is 108 Å². The second-order valence-corrected chi connectivity index (χ2v) is 5.35. The summed E-state index contributed by atoms with van der Waals surface area (Å²) in [4.78, 5) is 4.49. The summed E-state index contributed by atoms with van der Waals surface area (Å²) < 4.78 is 5.74. The zero-order valence-corrected chi connectivity index (χ0v) is 10.9. The molecule has 1 heterocycles. The van der Waals surface area contributed by atoms with E-state index in [-0.39, 0.29) is 0 Å². The second kappa shape index (κ2) is 5.01. The van der Waals surface area contributed by atoms with Crippen LogP contribution in [0.5, 0.6) is 0 Å². The van der Waals surface area contributed by atoms with Gasteiger partial charge in [0.25, 0.3) is 6.01 Å². The zero-order chi connectivity index (χ0) is 12.4. The molecule has 0 bridgehead atoms. The predicted molar refractivity (Wildman–Crippen MR) is 73.7 cm³/mol. The van der Waals surface area contributed by atoms with Crippen molar-refractivity contribution in [1.82, 2.24) is 4.98 Å². The van der Waals surface area contributed by atoms with Crippen LogP contribution >= 0.6 is 0 Å². The van der Waals surface area contributed by atoms with Crippen molar-refractivity contribution in [2.24, 2.45) is 5.92 Å². The number of anilines is 1. The minimum absolute atomic E-state index is 0.501. The van der Waals surface area contributed by atoms with Crippen LogP contribution in [0.15, 0.2) is 28.7 Å². The molecule has 0 radical (unpaired) electrons. The lowest BCUT2D eigenvalue weighted by molar-refractivity contribution is 0.444. The zero-order valence-electron chi connectivity index (χ0n) is 10.9. The van der Waals surface area contributed by atoms with Crippen LogP contribution in [0.1, 0.15) is 39.0 Å². The van der Waals surface area contributed by atoms with E-state index in [1.165, 1.54) is 32.1 Å². The van der Waals surface area contributed by atoms with Crippen molar-refractivity contribution in [2.45, 2.75) is 45.1 Å². The van der Waals surface area contributed by atoms with E-state index in [0.29, 0.717) is 18.0 Å². The molecule has 1 N–H and O–H groups in total. The van der Waals surface area contributed by atoms with E-state index in [0.717, 1.165) is 11.1 Å². The summed E-state index contributed by atoms with van der Waals surface area (Å²) in [5, 5.41) is 3.48. The molecule has 1 saturated carbocycles. The van der Waals surface area contributed by atoms with Crippen molar-refractivity contribution >= 4 is 17.1 Å². The number of benzene rings is 1. The van der Waals surface area contributed by atoms with Crippen LogP contribution < -0.4 is 5.32 Å². The van der Waals surface area contributed by atoms with E-state index < -0.39 is 0 Å². The van der Waals surface area contributed by atoms with Gasteiger partial charge >= 0.3 is 0 Å². The number of oxazole rings is 1. The fourth-order valence-electron chi connectivity index (χ4n) is 2.80. The molecule has 2 unspecified atom stereocenters. The lowest BCUT2D eigenvalue weighted by Crippen LogP contribution is -2.26. The molecule has 1 aromatic heterocycles. The molecule has 0 aliphatic heterocycles. The highest BCUT2D eigenvalue weighted by molar-refractivity contribution is 5.74. The van der Waals surface area contributed by atoms with Gasteiger partial charge in [0.15, 0.2) is 5.58 Å². The van der Waals surface area contributed by atoms with Crippen LogP contribution in [-0.4, -0.2) is 11.0 Å². The second-order valence-electron chi connectivity index (χ2n) is 5.35. The van der Waals surface area contributed by atoms with E-state index >= 15 is 0 Å². The van der Waals surface area contributed by atoms with Gasteiger partial charge in [-0.1, -0.05) is 38.3 Å². The Morgan fingerprint density at radius 3 is 2.89 bits per heavy atom. The van der Waals surface area contributed by atoms with Crippen molar-refractivity contribution in [2.75, 3.05) is 5.32 Å². The highest BCUT2D eigenvalue weighted by Crippen LogP contribution is 2.27. The minimum atomic E-state index is 0.501. The molecule has 2 aromatic rings. The molecule has 1 aromatic carbocycles. The van der Waals surface area contributed by atoms with Crippen molar-refractivity contribution in [3.8, 4) is 0 Å². The lowest BCUT2D eigenvalue weighted by Gasteiger charge is -2.21. The standard InChI is InChI=1S/C15H20N2O/c1-11-7-3-2-4-8-12(11)16-15-17-13-9-5-6-10-14(13)18-15/h5-6,9-12H,2-4,7-8H2,1H3,(H,16,17). The average molecular weight is 244 g/mol. The third-order valence-electron chi connectivity index (χ3n) is 3.96. The molecule has 0 spiro atoms. The summed E-state index contributed by atoms with van der Waals surface area (Å²) >= 11 is 0. The number of para-hydroxylation sites is 2. The highest BCUT2D eigenvalue weighted by atomic mass is 16.4. The molecule has 18 heavy (non-hydrogen) atoms. The third kappa shape index (κ3) is 2.35. The van der Waals surface area contributed by atoms with Crippen molar-refractivity contribution < 1.29 is 4.42 Å². The summed E-state index contributed by atoms with van der Waals surface area (Å²) in [6.07, 6.45) is 6.54. The number of fused-ring (bicyclic) bond motifs is 1. The first-order chi connectivity index (χ1) is 8.83. The maximum Gasteiger partial charge on any atom is 0.295 e. The van der Waals surface area contributed by atoms with Gasteiger partial charge in [0.1, 0.15) is 5.52 Å². The molecular formula is C15H20N2O. The Morgan fingerprint density at radius 2 is 2.00 bits per heavy atom. The van der Waals surface area contributed by atoms with E-state index in [4.69, 9.17) is 4.42 Å². The van der Waals surface area contributed by atoms with Gasteiger partial charge in [-0.2, -0.15) is 4.98 Å². The Morgan fingerprint density at radius 1 is 1.17 bits per heavy atom. The number of rotatable bonds is 2. The van der Waals surface area contributed by atoms with Crippen LogP contribution in [-0.2, 0) is 0 Å². The van der Waals surface area contributed by atoms with Gasteiger partial charge < -0.3 is 9.73 Å². The van der Waals surface area contributed by atoms with E-state index in [1.54, 1.807) is 0 Å². The van der Waals surface area contributed by atoms with Crippen molar-refractivity contribution in [3.05, 3.63) is 24.3 Å². The molecule has 1 fully saturated rings. The molecule has 2 atom stereocenters. The predicted octanol–water partition coefficient (Wildman–Crippen LogP) is 4.21. The Kier molecular flexibility index (Phi) is 3.22. The summed E-state index contributed by atoms with van der Waals surface area (Å²) in [6, 6.07) is 9.09. The first kappa shape index (κ1) is 11.6. The van der Waals surface area contributed by atoms with Crippen molar-refractivity contribution in [1.29, 1.82) is 0 Å². The molecule has 3 heteroatoms. The Hall–Kier alpha value is -1.51. The average Bonchev–Trinajstić information content (AvgIpc) is 2.68. The molecule has 1 aliphatic rings. The minimum Gasteiger partial charge on any atom is -0.424 e. The summed E-state index contributed by atoms with van der Waals surface area (Å²) in [5.74, 6) is 0.697. The Balaban J connectivity index is 1.78. The summed E-state index contributed by atoms with van der Waals surface area (Å²) in [6.45, 7) is 2.33. The van der Waals surface area contributed by atoms with Crippen LogP contribution in [0.3, 0.4) is 0 Å². The lowest BCUT2D eigenvalue weighted by atomic mass is 9.97. The number of aromatic nitrogens is 1. The number of nitrogens with zero attached hydrogens (tertiary/aromatic N) is 1. The molecule has 3 rings (SSSR count). The first-order valence-corrected chi connectivity index (χ1v) is 6.95.